The summed E-state index contributed by atoms with van der Waals surface area (Å²) in [6, 6.07) is 11.3. The quantitative estimate of drug-likeness (QED) is 0.721. The van der Waals surface area contributed by atoms with Crippen molar-refractivity contribution in [1.29, 1.82) is 0 Å². The molecule has 0 fully saturated rings. The van der Waals surface area contributed by atoms with Gasteiger partial charge in [0.15, 0.2) is 0 Å². The smallest absolute Gasteiger partial charge is 0.0794 e. The minimum atomic E-state index is 0.417. The van der Waals surface area contributed by atoms with E-state index >= 15 is 0 Å². The number of rotatable bonds is 8. The normalized spacial score (nSPS) is 15.5. The first-order valence-electron chi connectivity index (χ1n) is 9.57. The van der Waals surface area contributed by atoms with E-state index in [9.17, 15) is 0 Å². The van der Waals surface area contributed by atoms with E-state index in [4.69, 9.17) is 0 Å². The maximum absolute atomic E-state index is 4.58. The van der Waals surface area contributed by atoms with Crippen molar-refractivity contribution in [2.75, 3.05) is 0 Å². The third kappa shape index (κ3) is 4.47. The molecule has 1 atom stereocenters. The molecule has 1 unspecified atom stereocenters. The molecule has 0 amide bonds. The standard InChI is InChI=1S/C21H31N3/c1-16(2)9-8-14-19(17-10-4-3-5-11-17)22-15-21-18-12-6-7-13-20(18)23-24-21/h3-5,10-11,16,19,22H,6-9,12-15H2,1-2H3,(H,23,24). The summed E-state index contributed by atoms with van der Waals surface area (Å²) in [7, 11) is 0. The molecule has 0 saturated carbocycles. The molecule has 0 saturated heterocycles. The van der Waals surface area contributed by atoms with Crippen LogP contribution < -0.4 is 5.32 Å². The summed E-state index contributed by atoms with van der Waals surface area (Å²) < 4.78 is 0. The summed E-state index contributed by atoms with van der Waals surface area (Å²) in [5, 5.41) is 11.6. The number of benzene rings is 1. The summed E-state index contributed by atoms with van der Waals surface area (Å²) in [6.07, 6.45) is 8.70. The van der Waals surface area contributed by atoms with Gasteiger partial charge in [-0.3, -0.25) is 5.10 Å². The highest BCUT2D eigenvalue weighted by atomic mass is 15.1. The van der Waals surface area contributed by atoms with Gasteiger partial charge in [0.2, 0.25) is 0 Å². The molecule has 24 heavy (non-hydrogen) atoms. The second kappa shape index (κ2) is 8.48. The Hall–Kier alpha value is -1.61. The molecule has 2 aromatic rings. The van der Waals surface area contributed by atoms with Crippen LogP contribution in [0, 0.1) is 5.92 Å². The van der Waals surface area contributed by atoms with E-state index in [1.165, 1.54) is 67.5 Å². The van der Waals surface area contributed by atoms with Gasteiger partial charge in [0.05, 0.1) is 5.69 Å². The second-order valence-corrected chi connectivity index (χ2v) is 7.50. The first kappa shape index (κ1) is 17.2. The van der Waals surface area contributed by atoms with Crippen LogP contribution in [0.2, 0.25) is 0 Å². The number of nitrogens with one attached hydrogen (secondary N) is 2. The second-order valence-electron chi connectivity index (χ2n) is 7.50. The molecule has 2 N–H and O–H groups in total. The maximum atomic E-state index is 4.58. The number of aryl methyl sites for hydroxylation is 1. The van der Waals surface area contributed by atoms with Gasteiger partial charge in [0.25, 0.3) is 0 Å². The zero-order valence-electron chi connectivity index (χ0n) is 15.1. The molecule has 0 radical (unpaired) electrons. The number of H-pyrrole nitrogens is 1. The van der Waals surface area contributed by atoms with Gasteiger partial charge in [-0.2, -0.15) is 5.10 Å². The molecule has 0 aliphatic heterocycles. The van der Waals surface area contributed by atoms with Crippen molar-refractivity contribution in [2.24, 2.45) is 5.92 Å². The highest BCUT2D eigenvalue weighted by molar-refractivity contribution is 5.28. The first-order valence-corrected chi connectivity index (χ1v) is 9.57. The van der Waals surface area contributed by atoms with Crippen LogP contribution in [0.5, 0.6) is 0 Å². The summed E-state index contributed by atoms with van der Waals surface area (Å²) in [5.41, 5.74) is 5.47. The predicted molar refractivity (Wildman–Crippen MR) is 99.9 cm³/mol. The molecule has 0 spiro atoms. The number of aromatic amines is 1. The van der Waals surface area contributed by atoms with Gasteiger partial charge in [-0.25, -0.2) is 0 Å². The number of fused-ring (bicyclic) bond motifs is 1. The van der Waals surface area contributed by atoms with Crippen LogP contribution in [-0.4, -0.2) is 10.2 Å². The SMILES string of the molecule is CC(C)CCCC(NCc1n[nH]c2c1CCCC2)c1ccccc1. The fourth-order valence-corrected chi connectivity index (χ4v) is 3.72. The van der Waals surface area contributed by atoms with Gasteiger partial charge in [-0.05, 0) is 49.1 Å². The Morgan fingerprint density at radius 3 is 2.67 bits per heavy atom. The average molecular weight is 326 g/mol. The average Bonchev–Trinajstić information content (AvgIpc) is 3.02. The van der Waals surface area contributed by atoms with Gasteiger partial charge in [0.1, 0.15) is 0 Å². The molecule has 3 nitrogen and oxygen atoms in total. The fourth-order valence-electron chi connectivity index (χ4n) is 3.72. The van der Waals surface area contributed by atoms with Crippen molar-refractivity contribution in [2.45, 2.75) is 71.4 Å². The monoisotopic (exact) mass is 325 g/mol. The van der Waals surface area contributed by atoms with Crippen LogP contribution in [-0.2, 0) is 19.4 Å². The summed E-state index contributed by atoms with van der Waals surface area (Å²) in [5.74, 6) is 0.778. The van der Waals surface area contributed by atoms with E-state index in [1.807, 2.05) is 0 Å². The Morgan fingerprint density at radius 1 is 1.08 bits per heavy atom. The zero-order chi connectivity index (χ0) is 16.8. The third-order valence-electron chi connectivity index (χ3n) is 5.13. The Bertz CT molecular complexity index is 615. The molecular weight excluding hydrogens is 294 g/mol. The molecule has 1 aromatic heterocycles. The Labute approximate surface area is 146 Å². The molecule has 1 aliphatic carbocycles. The van der Waals surface area contributed by atoms with Gasteiger partial charge in [-0.15, -0.1) is 0 Å². The van der Waals surface area contributed by atoms with Gasteiger partial charge in [-0.1, -0.05) is 57.0 Å². The molecule has 1 heterocycles. The van der Waals surface area contributed by atoms with E-state index in [-0.39, 0.29) is 0 Å². The van der Waals surface area contributed by atoms with Crippen LogP contribution >= 0.6 is 0 Å². The van der Waals surface area contributed by atoms with Crippen molar-refractivity contribution in [3.8, 4) is 0 Å². The third-order valence-corrected chi connectivity index (χ3v) is 5.13. The summed E-state index contributed by atoms with van der Waals surface area (Å²) in [4.78, 5) is 0. The highest BCUT2D eigenvalue weighted by Crippen LogP contribution is 2.24. The number of hydrogen-bond donors (Lipinski definition) is 2. The molecular formula is C21H31N3. The van der Waals surface area contributed by atoms with E-state index in [2.05, 4.69) is 59.7 Å². The van der Waals surface area contributed by atoms with Crippen molar-refractivity contribution in [1.82, 2.24) is 15.5 Å². The molecule has 3 heteroatoms. The molecule has 1 aliphatic rings. The Balaban J connectivity index is 1.64. The topological polar surface area (TPSA) is 40.7 Å². The van der Waals surface area contributed by atoms with Crippen LogP contribution in [0.15, 0.2) is 30.3 Å². The zero-order valence-corrected chi connectivity index (χ0v) is 15.1. The predicted octanol–water partition coefficient (Wildman–Crippen LogP) is 4.95. The van der Waals surface area contributed by atoms with E-state index in [1.54, 1.807) is 0 Å². The van der Waals surface area contributed by atoms with Gasteiger partial charge >= 0.3 is 0 Å². The molecule has 0 bridgehead atoms. The lowest BCUT2D eigenvalue weighted by atomic mass is 9.95. The molecule has 3 rings (SSSR count). The lowest BCUT2D eigenvalue weighted by molar-refractivity contribution is 0.443. The van der Waals surface area contributed by atoms with E-state index in [0.717, 1.165) is 12.5 Å². The largest absolute Gasteiger partial charge is 0.304 e. The molecule has 130 valence electrons. The minimum absolute atomic E-state index is 0.417. The van der Waals surface area contributed by atoms with Crippen molar-refractivity contribution in [3.63, 3.8) is 0 Å². The lowest BCUT2D eigenvalue weighted by Gasteiger charge is -2.20. The van der Waals surface area contributed by atoms with Crippen molar-refractivity contribution in [3.05, 3.63) is 52.8 Å². The van der Waals surface area contributed by atoms with Crippen LogP contribution in [0.3, 0.4) is 0 Å². The van der Waals surface area contributed by atoms with E-state index in [0.29, 0.717) is 6.04 Å². The number of aromatic nitrogens is 2. The van der Waals surface area contributed by atoms with E-state index < -0.39 is 0 Å². The number of nitrogens with zero attached hydrogens (tertiary/aromatic N) is 1. The summed E-state index contributed by atoms with van der Waals surface area (Å²) in [6.45, 7) is 5.48. The lowest BCUT2D eigenvalue weighted by Crippen LogP contribution is -2.22. The van der Waals surface area contributed by atoms with Gasteiger partial charge in [0, 0.05) is 18.3 Å². The Kier molecular flexibility index (Phi) is 6.08. The van der Waals surface area contributed by atoms with Crippen LogP contribution in [0.25, 0.3) is 0 Å². The molecule has 1 aromatic carbocycles. The number of hydrogen-bond acceptors (Lipinski definition) is 2. The minimum Gasteiger partial charge on any atom is -0.304 e. The van der Waals surface area contributed by atoms with Crippen LogP contribution in [0.4, 0.5) is 0 Å². The first-order chi connectivity index (χ1) is 11.7. The van der Waals surface area contributed by atoms with Crippen LogP contribution in [0.1, 0.15) is 74.5 Å². The van der Waals surface area contributed by atoms with Crippen molar-refractivity contribution < 1.29 is 0 Å². The highest BCUT2D eigenvalue weighted by Gasteiger charge is 2.18. The maximum Gasteiger partial charge on any atom is 0.0794 e. The summed E-state index contributed by atoms with van der Waals surface area (Å²) >= 11 is 0. The van der Waals surface area contributed by atoms with Crippen molar-refractivity contribution >= 4 is 0 Å². The Morgan fingerprint density at radius 2 is 1.88 bits per heavy atom. The van der Waals surface area contributed by atoms with Gasteiger partial charge < -0.3 is 5.32 Å². The fraction of sp³-hybridized carbons (Fsp3) is 0.571.